The average molecular weight is 377 g/mol. The van der Waals surface area contributed by atoms with Crippen molar-refractivity contribution >= 4 is 30.7 Å². The lowest BCUT2D eigenvalue weighted by molar-refractivity contribution is -0.138. The Morgan fingerprint density at radius 3 is 2.54 bits per heavy atom. The number of piperidine rings is 1. The normalized spacial score (nSPS) is 24.3. The molecule has 2 atom stereocenters. The molecule has 1 aromatic heterocycles. The number of hydrogen-bond acceptors (Lipinski definition) is 3. The van der Waals surface area contributed by atoms with Crippen molar-refractivity contribution < 1.29 is 4.79 Å². The monoisotopic (exact) mass is 376 g/mol. The van der Waals surface area contributed by atoms with Gasteiger partial charge in [-0.25, -0.2) is 0 Å². The molecule has 138 valence electrons. The lowest BCUT2D eigenvalue weighted by Gasteiger charge is -2.34. The number of rotatable bonds is 4. The van der Waals surface area contributed by atoms with E-state index in [9.17, 15) is 4.79 Å². The summed E-state index contributed by atoms with van der Waals surface area (Å²) in [5, 5.41) is 4.37. The molecule has 0 spiro atoms. The van der Waals surface area contributed by atoms with Gasteiger partial charge in [-0.15, -0.1) is 24.8 Å². The minimum atomic E-state index is 0. The van der Waals surface area contributed by atoms with Gasteiger partial charge >= 0.3 is 0 Å². The van der Waals surface area contributed by atoms with Gasteiger partial charge in [0.1, 0.15) is 0 Å². The topological polar surface area (TPSA) is 64.2 Å². The van der Waals surface area contributed by atoms with E-state index in [1.165, 1.54) is 5.56 Å². The van der Waals surface area contributed by atoms with E-state index in [0.717, 1.165) is 51.7 Å². The first-order valence-electron chi connectivity index (χ1n) is 8.65. The van der Waals surface area contributed by atoms with Gasteiger partial charge < -0.3 is 10.6 Å². The molecule has 5 nitrogen and oxygen atoms in total. The number of likely N-dealkylation sites (tertiary alicyclic amines) is 1. The number of aromatic nitrogens is 2. The largest absolute Gasteiger partial charge is 0.342 e. The zero-order valence-electron chi connectivity index (χ0n) is 14.4. The Bertz CT molecular complexity index is 514. The quantitative estimate of drug-likeness (QED) is 0.878. The third-order valence-corrected chi connectivity index (χ3v) is 5.41. The van der Waals surface area contributed by atoms with Gasteiger partial charge in [-0.3, -0.25) is 9.48 Å². The van der Waals surface area contributed by atoms with Gasteiger partial charge in [-0.05, 0) is 56.6 Å². The number of carbonyl (C=O) groups is 1. The summed E-state index contributed by atoms with van der Waals surface area (Å²) in [7, 11) is 0. The fourth-order valence-electron chi connectivity index (χ4n) is 4.05. The highest BCUT2D eigenvalue weighted by atomic mass is 35.5. The maximum absolute atomic E-state index is 12.7. The van der Waals surface area contributed by atoms with Crippen LogP contribution in [0.4, 0.5) is 0 Å². The van der Waals surface area contributed by atoms with Crippen LogP contribution in [0.15, 0.2) is 12.4 Å². The summed E-state index contributed by atoms with van der Waals surface area (Å²) in [5.74, 6) is 1.60. The smallest absolute Gasteiger partial charge is 0.226 e. The lowest BCUT2D eigenvalue weighted by atomic mass is 9.92. The van der Waals surface area contributed by atoms with Crippen molar-refractivity contribution in [3.8, 4) is 0 Å². The first kappa shape index (κ1) is 21.3. The summed E-state index contributed by atoms with van der Waals surface area (Å²) >= 11 is 0. The molecule has 1 aromatic rings. The van der Waals surface area contributed by atoms with Crippen LogP contribution in [0.25, 0.3) is 0 Å². The number of hydrogen-bond donors (Lipinski definition) is 1. The molecule has 0 aromatic carbocycles. The van der Waals surface area contributed by atoms with Gasteiger partial charge in [0.25, 0.3) is 0 Å². The number of aryl methyl sites for hydroxylation is 1. The maximum Gasteiger partial charge on any atom is 0.226 e. The molecule has 1 aliphatic carbocycles. The number of halogens is 2. The molecule has 1 saturated heterocycles. The summed E-state index contributed by atoms with van der Waals surface area (Å²) < 4.78 is 2.04. The predicted molar refractivity (Wildman–Crippen MR) is 101 cm³/mol. The van der Waals surface area contributed by atoms with E-state index >= 15 is 0 Å². The van der Waals surface area contributed by atoms with E-state index in [-0.39, 0.29) is 30.7 Å². The van der Waals surface area contributed by atoms with Gasteiger partial charge in [-0.2, -0.15) is 5.10 Å². The summed E-state index contributed by atoms with van der Waals surface area (Å²) in [5.41, 5.74) is 7.03. The Morgan fingerprint density at radius 1 is 1.25 bits per heavy atom. The van der Waals surface area contributed by atoms with Crippen molar-refractivity contribution in [1.29, 1.82) is 0 Å². The average Bonchev–Trinajstić information content (AvgIpc) is 3.16. The molecule has 7 heteroatoms. The fourth-order valence-corrected chi connectivity index (χ4v) is 4.05. The van der Waals surface area contributed by atoms with E-state index < -0.39 is 0 Å². The van der Waals surface area contributed by atoms with Gasteiger partial charge in [0.2, 0.25) is 5.91 Å². The van der Waals surface area contributed by atoms with Crippen LogP contribution in [0, 0.1) is 24.7 Å². The van der Waals surface area contributed by atoms with Crippen molar-refractivity contribution in [2.75, 3.05) is 19.6 Å². The van der Waals surface area contributed by atoms with Crippen molar-refractivity contribution in [1.82, 2.24) is 14.7 Å². The minimum absolute atomic E-state index is 0. The molecule has 0 radical (unpaired) electrons. The highest BCUT2D eigenvalue weighted by Crippen LogP contribution is 2.33. The van der Waals surface area contributed by atoms with Crippen LogP contribution in [-0.4, -0.2) is 40.2 Å². The Morgan fingerprint density at radius 2 is 1.96 bits per heavy atom. The van der Waals surface area contributed by atoms with Crippen LogP contribution in [0.2, 0.25) is 0 Å². The Balaban J connectivity index is 0.00000144. The van der Waals surface area contributed by atoms with Crippen molar-refractivity contribution in [2.24, 2.45) is 23.5 Å². The molecule has 1 saturated carbocycles. The third kappa shape index (κ3) is 4.87. The molecular weight excluding hydrogens is 347 g/mol. The number of amides is 1. The van der Waals surface area contributed by atoms with Crippen molar-refractivity contribution in [2.45, 2.75) is 45.6 Å². The third-order valence-electron chi connectivity index (χ3n) is 5.41. The van der Waals surface area contributed by atoms with Crippen LogP contribution in [0.3, 0.4) is 0 Å². The Labute approximate surface area is 157 Å². The molecule has 2 fully saturated rings. The molecule has 3 rings (SSSR count). The van der Waals surface area contributed by atoms with E-state index in [2.05, 4.69) is 23.1 Å². The molecule has 0 unspecified atom stereocenters. The summed E-state index contributed by atoms with van der Waals surface area (Å²) in [4.78, 5) is 14.8. The van der Waals surface area contributed by atoms with Gasteiger partial charge in [-0.1, -0.05) is 6.42 Å². The second-order valence-electron chi connectivity index (χ2n) is 7.04. The standard InChI is InChI=1S/C17H28N4O.2ClH/c1-13-10-19-21(11-13)12-14-5-7-20(8-6-14)17(22)16-4-2-3-15(16)9-18;;/h10-11,14-16H,2-9,12,18H2,1H3;2*1H/t15-,16-;;/m1../s1. The fraction of sp³-hybridized carbons (Fsp3) is 0.765. The number of nitrogens with two attached hydrogens (primary N) is 1. The van der Waals surface area contributed by atoms with E-state index in [1.807, 2.05) is 10.9 Å². The highest BCUT2D eigenvalue weighted by molar-refractivity contribution is 5.85. The summed E-state index contributed by atoms with van der Waals surface area (Å²) in [6.07, 6.45) is 9.51. The lowest BCUT2D eigenvalue weighted by Crippen LogP contribution is -2.44. The first-order chi connectivity index (χ1) is 10.7. The Hall–Kier alpha value is -0.780. The van der Waals surface area contributed by atoms with Gasteiger partial charge in [0.05, 0.1) is 6.20 Å². The molecule has 2 heterocycles. The van der Waals surface area contributed by atoms with Gasteiger partial charge in [0, 0.05) is 31.7 Å². The molecule has 0 bridgehead atoms. The maximum atomic E-state index is 12.7. The number of nitrogens with zero attached hydrogens (tertiary/aromatic N) is 3. The van der Waals surface area contributed by atoms with Crippen molar-refractivity contribution in [3.05, 3.63) is 18.0 Å². The molecule has 2 N–H and O–H groups in total. The zero-order chi connectivity index (χ0) is 15.5. The first-order valence-corrected chi connectivity index (χ1v) is 8.65. The van der Waals surface area contributed by atoms with Crippen LogP contribution in [0.1, 0.15) is 37.7 Å². The van der Waals surface area contributed by atoms with Crippen LogP contribution in [-0.2, 0) is 11.3 Å². The SMILES string of the molecule is Cc1cnn(CC2CCN(C(=O)[C@@H]3CCC[C@@H]3CN)CC2)c1.Cl.Cl. The van der Waals surface area contributed by atoms with Gasteiger partial charge in [0.15, 0.2) is 0 Å². The second kappa shape index (κ2) is 9.64. The van der Waals surface area contributed by atoms with E-state index in [1.54, 1.807) is 0 Å². The highest BCUT2D eigenvalue weighted by Gasteiger charge is 2.35. The van der Waals surface area contributed by atoms with E-state index in [4.69, 9.17) is 5.73 Å². The molecule has 1 amide bonds. The predicted octanol–water partition coefficient (Wildman–Crippen LogP) is 2.65. The van der Waals surface area contributed by atoms with E-state index in [0.29, 0.717) is 24.3 Å². The van der Waals surface area contributed by atoms with Crippen LogP contribution < -0.4 is 5.73 Å². The second-order valence-corrected chi connectivity index (χ2v) is 7.04. The molecule has 24 heavy (non-hydrogen) atoms. The van der Waals surface area contributed by atoms with Crippen molar-refractivity contribution in [3.63, 3.8) is 0 Å². The molecular formula is C17H30Cl2N4O. The summed E-state index contributed by atoms with van der Waals surface area (Å²) in [6, 6.07) is 0. The summed E-state index contributed by atoms with van der Waals surface area (Å²) in [6.45, 7) is 5.51. The van der Waals surface area contributed by atoms with Crippen LogP contribution >= 0.6 is 24.8 Å². The van der Waals surface area contributed by atoms with Crippen LogP contribution in [0.5, 0.6) is 0 Å². The molecule has 1 aliphatic heterocycles. The zero-order valence-corrected chi connectivity index (χ0v) is 16.0. The Kier molecular flexibility index (Phi) is 8.54. The minimum Gasteiger partial charge on any atom is -0.342 e. The molecule has 2 aliphatic rings. The number of carbonyl (C=O) groups excluding carboxylic acids is 1.